The molecule has 3 heteroatoms. The van der Waals surface area contributed by atoms with Gasteiger partial charge in [0.2, 0.25) is 0 Å². The van der Waals surface area contributed by atoms with Crippen LogP contribution in [-0.4, -0.2) is 0 Å². The highest BCUT2D eigenvalue weighted by Crippen LogP contribution is 2.27. The van der Waals surface area contributed by atoms with Crippen molar-refractivity contribution in [1.82, 2.24) is 0 Å². The summed E-state index contributed by atoms with van der Waals surface area (Å²) in [5, 5.41) is 1.46. The van der Waals surface area contributed by atoms with Crippen LogP contribution in [0.4, 0.5) is 15.8 Å². The molecule has 2 nitrogen and oxygen atoms in total. The predicted octanol–water partition coefficient (Wildman–Crippen LogP) is 2.14. The third-order valence-corrected chi connectivity index (χ3v) is 2.08. The molecule has 2 rings (SSSR count). The molecule has 0 saturated carbocycles. The molecule has 0 bridgehead atoms. The van der Waals surface area contributed by atoms with Crippen molar-refractivity contribution in [1.29, 1.82) is 0 Å². The van der Waals surface area contributed by atoms with Gasteiger partial charge in [0.1, 0.15) is 5.82 Å². The molecule has 0 saturated heterocycles. The number of benzene rings is 2. The molecular weight excluding hydrogens is 167 g/mol. The van der Waals surface area contributed by atoms with Crippen LogP contribution in [0.1, 0.15) is 0 Å². The molecule has 0 aliphatic rings. The summed E-state index contributed by atoms with van der Waals surface area (Å²) in [5.41, 5.74) is 12.0. The number of rotatable bonds is 0. The molecule has 66 valence electrons. The van der Waals surface area contributed by atoms with Crippen LogP contribution in [0.3, 0.4) is 0 Å². The zero-order chi connectivity index (χ0) is 9.42. The molecule has 0 atom stereocenters. The molecule has 2 aromatic rings. The number of hydrogen-bond donors (Lipinski definition) is 2. The summed E-state index contributed by atoms with van der Waals surface area (Å²) in [5.74, 6) is -0.405. The Hall–Kier alpha value is -1.77. The smallest absolute Gasteiger partial charge is 0.146 e. The number of nitrogens with two attached hydrogens (primary N) is 2. The first-order valence-corrected chi connectivity index (χ1v) is 3.92. The predicted molar refractivity (Wildman–Crippen MR) is 52.7 cm³/mol. The van der Waals surface area contributed by atoms with Gasteiger partial charge >= 0.3 is 0 Å². The van der Waals surface area contributed by atoms with Crippen molar-refractivity contribution >= 4 is 22.1 Å². The second kappa shape index (κ2) is 2.62. The molecule has 0 amide bonds. The maximum absolute atomic E-state index is 13.0. The first kappa shape index (κ1) is 7.86. The Labute approximate surface area is 75.0 Å². The van der Waals surface area contributed by atoms with Gasteiger partial charge in [0.05, 0.1) is 5.69 Å². The highest BCUT2D eigenvalue weighted by atomic mass is 19.1. The van der Waals surface area contributed by atoms with Crippen LogP contribution in [0, 0.1) is 5.82 Å². The third kappa shape index (κ3) is 1.09. The highest BCUT2D eigenvalue weighted by molar-refractivity contribution is 6.00. The van der Waals surface area contributed by atoms with Gasteiger partial charge in [-0.15, -0.1) is 0 Å². The minimum atomic E-state index is -0.405. The van der Waals surface area contributed by atoms with Crippen molar-refractivity contribution < 1.29 is 4.39 Å². The first-order chi connectivity index (χ1) is 6.20. The summed E-state index contributed by atoms with van der Waals surface area (Å²) in [7, 11) is 0. The third-order valence-electron chi connectivity index (χ3n) is 2.08. The second-order valence-corrected chi connectivity index (χ2v) is 2.90. The largest absolute Gasteiger partial charge is 0.398 e. The lowest BCUT2D eigenvalue weighted by Crippen LogP contribution is -1.94. The summed E-state index contributed by atoms with van der Waals surface area (Å²) in [6.07, 6.45) is 0. The molecule has 2 aromatic carbocycles. The van der Waals surface area contributed by atoms with Crippen molar-refractivity contribution in [2.24, 2.45) is 0 Å². The SMILES string of the molecule is Nc1cccc2c(N)c(F)ccc12. The molecule has 0 aromatic heterocycles. The van der Waals surface area contributed by atoms with Gasteiger partial charge < -0.3 is 11.5 Å². The average Bonchev–Trinajstić information content (AvgIpc) is 2.12. The van der Waals surface area contributed by atoms with Gasteiger partial charge in [-0.05, 0) is 18.2 Å². The molecular formula is C10H9FN2. The van der Waals surface area contributed by atoms with Crippen molar-refractivity contribution in [2.75, 3.05) is 11.5 Å². The van der Waals surface area contributed by atoms with Crippen LogP contribution < -0.4 is 11.5 Å². The summed E-state index contributed by atoms with van der Waals surface area (Å²) >= 11 is 0. The maximum Gasteiger partial charge on any atom is 0.146 e. The van der Waals surface area contributed by atoms with E-state index in [0.717, 1.165) is 5.39 Å². The van der Waals surface area contributed by atoms with Crippen LogP contribution >= 0.6 is 0 Å². The molecule has 0 spiro atoms. The van der Waals surface area contributed by atoms with Crippen LogP contribution in [0.2, 0.25) is 0 Å². The molecule has 4 N–H and O–H groups in total. The number of halogens is 1. The number of anilines is 2. The Morgan fingerprint density at radius 1 is 0.923 bits per heavy atom. The number of hydrogen-bond acceptors (Lipinski definition) is 2. The van der Waals surface area contributed by atoms with E-state index in [9.17, 15) is 4.39 Å². The standard InChI is InChI=1S/C10H9FN2/c11-8-5-4-6-7(10(8)13)2-1-3-9(6)12/h1-5H,12-13H2. The summed E-state index contributed by atoms with van der Waals surface area (Å²) in [6.45, 7) is 0. The van der Waals surface area contributed by atoms with Crippen molar-refractivity contribution in [3.05, 3.63) is 36.1 Å². The first-order valence-electron chi connectivity index (χ1n) is 3.92. The summed E-state index contributed by atoms with van der Waals surface area (Å²) in [4.78, 5) is 0. The topological polar surface area (TPSA) is 52.0 Å². The quantitative estimate of drug-likeness (QED) is 0.604. The Kier molecular flexibility index (Phi) is 1.59. The molecule has 0 aliphatic heterocycles. The lowest BCUT2D eigenvalue weighted by atomic mass is 10.1. The summed E-state index contributed by atoms with van der Waals surface area (Å²) in [6, 6.07) is 8.24. The molecule has 13 heavy (non-hydrogen) atoms. The van der Waals surface area contributed by atoms with Gasteiger partial charge in [-0.25, -0.2) is 4.39 Å². The van der Waals surface area contributed by atoms with E-state index in [4.69, 9.17) is 11.5 Å². The average molecular weight is 176 g/mol. The summed E-state index contributed by atoms with van der Waals surface area (Å²) < 4.78 is 13.0. The van der Waals surface area contributed by atoms with Gasteiger partial charge in [0.25, 0.3) is 0 Å². The monoisotopic (exact) mass is 176 g/mol. The van der Waals surface area contributed by atoms with Gasteiger partial charge in [-0.1, -0.05) is 12.1 Å². The lowest BCUT2D eigenvalue weighted by molar-refractivity contribution is 0.634. The lowest BCUT2D eigenvalue weighted by Gasteiger charge is -2.04. The van der Waals surface area contributed by atoms with Gasteiger partial charge in [-0.3, -0.25) is 0 Å². The van der Waals surface area contributed by atoms with Gasteiger partial charge in [0, 0.05) is 16.5 Å². The van der Waals surface area contributed by atoms with Crippen LogP contribution in [0.15, 0.2) is 30.3 Å². The molecule has 0 fully saturated rings. The number of nitrogen functional groups attached to an aromatic ring is 2. The van der Waals surface area contributed by atoms with Gasteiger partial charge in [0.15, 0.2) is 0 Å². The fourth-order valence-corrected chi connectivity index (χ4v) is 1.38. The molecule has 0 heterocycles. The van der Waals surface area contributed by atoms with Crippen molar-refractivity contribution in [3.8, 4) is 0 Å². The van der Waals surface area contributed by atoms with E-state index in [2.05, 4.69) is 0 Å². The normalized spacial score (nSPS) is 10.5. The minimum absolute atomic E-state index is 0.157. The molecule has 0 unspecified atom stereocenters. The van der Waals surface area contributed by atoms with E-state index in [1.54, 1.807) is 24.3 Å². The number of fused-ring (bicyclic) bond motifs is 1. The molecule has 0 aliphatic carbocycles. The Morgan fingerprint density at radius 2 is 1.69 bits per heavy atom. The highest BCUT2D eigenvalue weighted by Gasteiger charge is 2.04. The van der Waals surface area contributed by atoms with Gasteiger partial charge in [-0.2, -0.15) is 0 Å². The Balaban J connectivity index is 2.94. The fourth-order valence-electron chi connectivity index (χ4n) is 1.38. The van der Waals surface area contributed by atoms with Crippen molar-refractivity contribution in [3.63, 3.8) is 0 Å². The molecule has 0 radical (unpaired) electrons. The van der Waals surface area contributed by atoms with E-state index in [1.807, 2.05) is 0 Å². The van der Waals surface area contributed by atoms with E-state index < -0.39 is 5.82 Å². The minimum Gasteiger partial charge on any atom is -0.398 e. The van der Waals surface area contributed by atoms with Crippen LogP contribution in [-0.2, 0) is 0 Å². The van der Waals surface area contributed by atoms with Crippen LogP contribution in [0.5, 0.6) is 0 Å². The van der Waals surface area contributed by atoms with E-state index in [1.165, 1.54) is 6.07 Å². The van der Waals surface area contributed by atoms with E-state index in [0.29, 0.717) is 11.1 Å². The van der Waals surface area contributed by atoms with Crippen LogP contribution in [0.25, 0.3) is 10.8 Å². The Morgan fingerprint density at radius 3 is 2.46 bits per heavy atom. The Bertz CT molecular complexity index is 466. The maximum atomic E-state index is 13.0. The van der Waals surface area contributed by atoms with Crippen molar-refractivity contribution in [2.45, 2.75) is 0 Å². The zero-order valence-corrected chi connectivity index (χ0v) is 6.92. The zero-order valence-electron chi connectivity index (χ0n) is 6.92. The second-order valence-electron chi connectivity index (χ2n) is 2.90. The fraction of sp³-hybridized carbons (Fsp3) is 0. The van der Waals surface area contributed by atoms with E-state index in [-0.39, 0.29) is 5.69 Å². The van der Waals surface area contributed by atoms with E-state index >= 15 is 0 Å².